The van der Waals surface area contributed by atoms with Gasteiger partial charge in [0.1, 0.15) is 28.6 Å². The number of rotatable bonds is 7. The normalized spacial score (nSPS) is 17.3. The molecular weight excluding hydrogens is 533 g/mol. The zero-order chi connectivity index (χ0) is 22.6. The van der Waals surface area contributed by atoms with Crippen LogP contribution in [-0.4, -0.2) is 30.8 Å². The molecule has 0 bridgehead atoms. The van der Waals surface area contributed by atoms with Crippen molar-refractivity contribution in [3.8, 4) is 5.75 Å². The Bertz CT molecular complexity index is 1060. The van der Waals surface area contributed by atoms with Crippen LogP contribution < -0.4 is 15.4 Å². The van der Waals surface area contributed by atoms with Gasteiger partial charge in [-0.1, -0.05) is 18.2 Å². The number of fused-ring (bicyclic) bond motifs is 1. The molecule has 3 heterocycles. The number of ether oxygens (including phenoxy) is 1. The first kappa shape index (κ1) is 25.2. The van der Waals surface area contributed by atoms with Crippen LogP contribution in [0.4, 0.5) is 0 Å². The monoisotopic (exact) mass is 565 g/mol. The average Bonchev–Trinajstić information content (AvgIpc) is 3.41. The summed E-state index contributed by atoms with van der Waals surface area (Å²) >= 11 is 0. The molecule has 0 saturated carbocycles. The quantitative estimate of drug-likeness (QED) is 0.220. The molecule has 0 fully saturated rings. The van der Waals surface area contributed by atoms with Crippen LogP contribution in [0.5, 0.6) is 5.75 Å². The van der Waals surface area contributed by atoms with Gasteiger partial charge < -0.3 is 29.3 Å². The smallest absolute Gasteiger partial charge is 0.191 e. The highest BCUT2D eigenvalue weighted by atomic mass is 127. The molecule has 1 aliphatic heterocycles. The summed E-state index contributed by atoms with van der Waals surface area (Å²) < 4.78 is 16.8. The third-order valence-electron chi connectivity index (χ3n) is 5.68. The van der Waals surface area contributed by atoms with Crippen LogP contribution in [0.15, 0.2) is 62.6 Å². The molecule has 33 heavy (non-hydrogen) atoms. The fourth-order valence-corrected chi connectivity index (χ4v) is 4.05. The molecule has 1 aliphatic rings. The Morgan fingerprint density at radius 2 is 2.03 bits per heavy atom. The maximum Gasteiger partial charge on any atom is 0.191 e. The number of furan rings is 2. The van der Waals surface area contributed by atoms with Gasteiger partial charge in [-0.25, -0.2) is 4.99 Å². The van der Waals surface area contributed by atoms with Crippen molar-refractivity contribution in [1.29, 1.82) is 0 Å². The molecule has 8 heteroatoms. The van der Waals surface area contributed by atoms with Crippen molar-refractivity contribution in [3.05, 3.63) is 77.1 Å². The first-order valence-electron chi connectivity index (χ1n) is 11.0. The van der Waals surface area contributed by atoms with E-state index in [0.717, 1.165) is 41.2 Å². The largest absolute Gasteiger partial charge is 0.493 e. The number of para-hydroxylation sites is 1. The van der Waals surface area contributed by atoms with Crippen molar-refractivity contribution in [2.45, 2.75) is 45.3 Å². The highest BCUT2D eigenvalue weighted by Gasteiger charge is 2.28. The Balaban J connectivity index is 0.00000306. The van der Waals surface area contributed by atoms with E-state index in [1.165, 1.54) is 0 Å². The summed E-state index contributed by atoms with van der Waals surface area (Å²) in [6.07, 6.45) is 3.23. The third kappa shape index (κ3) is 6.32. The molecule has 0 saturated heterocycles. The number of hydrogen-bond acceptors (Lipinski definition) is 5. The van der Waals surface area contributed by atoms with Gasteiger partial charge in [0.25, 0.3) is 0 Å². The van der Waals surface area contributed by atoms with E-state index in [2.05, 4.69) is 16.7 Å². The van der Waals surface area contributed by atoms with E-state index in [4.69, 9.17) is 18.6 Å². The van der Waals surface area contributed by atoms with Gasteiger partial charge in [0.05, 0.1) is 25.5 Å². The van der Waals surface area contributed by atoms with Gasteiger partial charge in [-0.3, -0.25) is 0 Å². The molecule has 7 nitrogen and oxygen atoms in total. The van der Waals surface area contributed by atoms with Gasteiger partial charge in [0.15, 0.2) is 5.96 Å². The fraction of sp³-hybridized carbons (Fsp3) is 0.400. The highest BCUT2D eigenvalue weighted by molar-refractivity contribution is 14.0. The summed E-state index contributed by atoms with van der Waals surface area (Å²) in [6, 6.07) is 13.8. The summed E-state index contributed by atoms with van der Waals surface area (Å²) in [7, 11) is 0. The Morgan fingerprint density at radius 3 is 2.76 bits per heavy atom. The zero-order valence-electron chi connectivity index (χ0n) is 19.3. The standard InChI is InChI=1S/C25H31N3O4.HI/c1-17-15-21(18(2)32-17)25(3,29)16-27-24(26-12-10-19-7-6-13-30-19)28-22-11-14-31-23-9-5-4-8-20(22)23;/h4-9,13,15,22,29H,10-12,14,16H2,1-3H3,(H2,26,27,28);1H. The molecular formula is C25H32IN3O4. The minimum absolute atomic E-state index is 0. The van der Waals surface area contributed by atoms with Crippen molar-refractivity contribution in [3.63, 3.8) is 0 Å². The van der Waals surface area contributed by atoms with E-state index in [1.54, 1.807) is 13.2 Å². The fourth-order valence-electron chi connectivity index (χ4n) is 4.05. The topological polar surface area (TPSA) is 92.2 Å². The van der Waals surface area contributed by atoms with Crippen LogP contribution in [0.25, 0.3) is 0 Å². The second-order valence-electron chi connectivity index (χ2n) is 8.39. The molecule has 2 unspecified atom stereocenters. The number of benzene rings is 1. The van der Waals surface area contributed by atoms with Gasteiger partial charge in [-0.15, -0.1) is 24.0 Å². The Hall–Kier alpha value is -2.46. The molecule has 1 aromatic carbocycles. The predicted molar refractivity (Wildman–Crippen MR) is 138 cm³/mol. The summed E-state index contributed by atoms with van der Waals surface area (Å²) in [4.78, 5) is 4.74. The molecule has 0 spiro atoms. The lowest BCUT2D eigenvalue weighted by Crippen LogP contribution is -2.42. The molecule has 178 valence electrons. The van der Waals surface area contributed by atoms with E-state index < -0.39 is 5.60 Å². The van der Waals surface area contributed by atoms with E-state index >= 15 is 0 Å². The number of guanidine groups is 1. The minimum Gasteiger partial charge on any atom is -0.493 e. The molecule has 4 rings (SSSR count). The number of hydrogen-bond donors (Lipinski definition) is 3. The summed E-state index contributed by atoms with van der Waals surface area (Å²) in [5, 5.41) is 18.0. The van der Waals surface area contributed by atoms with E-state index in [1.807, 2.05) is 50.2 Å². The summed E-state index contributed by atoms with van der Waals surface area (Å²) in [5.41, 5.74) is 0.711. The van der Waals surface area contributed by atoms with Gasteiger partial charge >= 0.3 is 0 Å². The number of nitrogens with one attached hydrogen (secondary N) is 2. The Labute approximate surface area is 211 Å². The van der Waals surface area contributed by atoms with Crippen molar-refractivity contribution in [2.24, 2.45) is 4.99 Å². The zero-order valence-corrected chi connectivity index (χ0v) is 21.6. The maximum atomic E-state index is 11.1. The van der Waals surface area contributed by atoms with Crippen LogP contribution in [-0.2, 0) is 12.0 Å². The van der Waals surface area contributed by atoms with Crippen LogP contribution in [0, 0.1) is 13.8 Å². The van der Waals surface area contributed by atoms with Gasteiger partial charge in [-0.2, -0.15) is 0 Å². The SMILES string of the molecule is Cc1cc(C(C)(O)CN=C(NCCc2ccco2)NC2CCOc3ccccc32)c(C)o1.I. The van der Waals surface area contributed by atoms with Gasteiger partial charge in [0, 0.05) is 30.5 Å². The number of aryl methyl sites for hydroxylation is 2. The minimum atomic E-state index is -1.15. The third-order valence-corrected chi connectivity index (χ3v) is 5.68. The first-order valence-corrected chi connectivity index (χ1v) is 11.0. The number of halogens is 1. The van der Waals surface area contributed by atoms with Crippen LogP contribution >= 0.6 is 24.0 Å². The molecule has 3 N–H and O–H groups in total. The molecule has 2 aromatic heterocycles. The summed E-state index contributed by atoms with van der Waals surface area (Å²) in [5.74, 6) is 3.92. The number of nitrogens with zero attached hydrogens (tertiary/aromatic N) is 1. The lowest BCUT2D eigenvalue weighted by molar-refractivity contribution is 0.0656. The van der Waals surface area contributed by atoms with Crippen molar-refractivity contribution in [2.75, 3.05) is 19.7 Å². The van der Waals surface area contributed by atoms with Gasteiger partial charge in [0.2, 0.25) is 0 Å². The second kappa shape index (κ2) is 11.1. The molecule has 0 amide bonds. The predicted octanol–water partition coefficient (Wildman–Crippen LogP) is 4.62. The van der Waals surface area contributed by atoms with Crippen molar-refractivity contribution < 1.29 is 18.7 Å². The second-order valence-corrected chi connectivity index (χ2v) is 8.39. The highest BCUT2D eigenvalue weighted by Crippen LogP contribution is 2.31. The number of aliphatic imine (C=N–C) groups is 1. The van der Waals surface area contributed by atoms with Crippen LogP contribution in [0.1, 0.15) is 47.8 Å². The average molecular weight is 565 g/mol. The van der Waals surface area contributed by atoms with Crippen LogP contribution in [0.3, 0.4) is 0 Å². The first-order chi connectivity index (χ1) is 15.4. The maximum absolute atomic E-state index is 11.1. The van der Waals surface area contributed by atoms with Crippen molar-refractivity contribution in [1.82, 2.24) is 10.6 Å². The Morgan fingerprint density at radius 1 is 1.21 bits per heavy atom. The lowest BCUT2D eigenvalue weighted by atomic mass is 9.96. The lowest BCUT2D eigenvalue weighted by Gasteiger charge is -2.28. The molecule has 2 atom stereocenters. The van der Waals surface area contributed by atoms with Crippen molar-refractivity contribution >= 4 is 29.9 Å². The van der Waals surface area contributed by atoms with E-state index in [9.17, 15) is 5.11 Å². The Kier molecular flexibility index (Phi) is 8.47. The molecule has 0 aliphatic carbocycles. The molecule has 0 radical (unpaired) electrons. The van der Waals surface area contributed by atoms with E-state index in [-0.39, 0.29) is 36.6 Å². The van der Waals surface area contributed by atoms with E-state index in [0.29, 0.717) is 24.9 Å². The van der Waals surface area contributed by atoms with Gasteiger partial charge in [-0.05, 0) is 45.0 Å². The van der Waals surface area contributed by atoms with Crippen LogP contribution in [0.2, 0.25) is 0 Å². The summed E-state index contributed by atoms with van der Waals surface area (Å²) in [6.45, 7) is 6.98. The molecule has 3 aromatic rings. The number of aliphatic hydroxyl groups is 1.